The number of carbonyl (C=O) groups is 3. The van der Waals surface area contributed by atoms with Gasteiger partial charge in [-0.1, -0.05) is 291 Å². The molecule has 0 aromatic rings. The van der Waals surface area contributed by atoms with Gasteiger partial charge in [0.25, 0.3) is 0 Å². The Bertz CT molecular complexity index is 1510. The lowest BCUT2D eigenvalue weighted by Gasteiger charge is -2.18. The van der Waals surface area contributed by atoms with Crippen LogP contribution in [0.15, 0.2) is 97.2 Å². The molecule has 0 saturated heterocycles. The Labute approximate surface area is 477 Å². The van der Waals surface area contributed by atoms with Crippen molar-refractivity contribution < 1.29 is 28.6 Å². The van der Waals surface area contributed by atoms with Crippen LogP contribution in [-0.2, 0) is 28.6 Å². The number of hydrogen-bond acceptors (Lipinski definition) is 6. The van der Waals surface area contributed by atoms with Crippen molar-refractivity contribution in [3.05, 3.63) is 97.2 Å². The summed E-state index contributed by atoms with van der Waals surface area (Å²) in [6.45, 7) is 6.53. The highest BCUT2D eigenvalue weighted by Crippen LogP contribution is 2.16. The van der Waals surface area contributed by atoms with Crippen molar-refractivity contribution >= 4 is 17.9 Å². The third-order valence-electron chi connectivity index (χ3n) is 14.1. The molecule has 0 rings (SSSR count). The molecular formula is C71H122O6. The molecule has 0 aromatic heterocycles. The number of carbonyl (C=O) groups excluding carboxylic acids is 3. The maximum absolute atomic E-state index is 12.9. The van der Waals surface area contributed by atoms with E-state index in [9.17, 15) is 14.4 Å². The predicted octanol–water partition coefficient (Wildman–Crippen LogP) is 22.4. The van der Waals surface area contributed by atoms with E-state index in [1.165, 1.54) is 161 Å². The average Bonchev–Trinajstić information content (AvgIpc) is 3.43. The van der Waals surface area contributed by atoms with Gasteiger partial charge in [0.05, 0.1) is 0 Å². The molecular weight excluding hydrogens is 949 g/mol. The van der Waals surface area contributed by atoms with Crippen LogP contribution in [0.4, 0.5) is 0 Å². The summed E-state index contributed by atoms with van der Waals surface area (Å²) in [5.41, 5.74) is 0. The second kappa shape index (κ2) is 64.9. The number of hydrogen-bond donors (Lipinski definition) is 0. The fourth-order valence-corrected chi connectivity index (χ4v) is 9.18. The Hall–Kier alpha value is -3.67. The number of ether oxygens (including phenoxy) is 3. The summed E-state index contributed by atoms with van der Waals surface area (Å²) in [4.78, 5) is 38.3. The maximum atomic E-state index is 12.9. The zero-order chi connectivity index (χ0) is 55.7. The molecule has 0 aliphatic carbocycles. The van der Waals surface area contributed by atoms with Crippen LogP contribution in [0.1, 0.15) is 316 Å². The summed E-state index contributed by atoms with van der Waals surface area (Å²) in [5.74, 6) is -0.888. The van der Waals surface area contributed by atoms with E-state index in [2.05, 4.69) is 118 Å². The van der Waals surface area contributed by atoms with E-state index in [1.807, 2.05) is 0 Å². The Morgan fingerprint density at radius 1 is 0.273 bits per heavy atom. The highest BCUT2D eigenvalue weighted by Gasteiger charge is 2.19. The van der Waals surface area contributed by atoms with Crippen molar-refractivity contribution in [3.63, 3.8) is 0 Å². The lowest BCUT2D eigenvalue weighted by molar-refractivity contribution is -0.167. The minimum atomic E-state index is -0.785. The molecule has 1 atom stereocenters. The first-order valence-corrected chi connectivity index (χ1v) is 32.7. The van der Waals surface area contributed by atoms with Crippen molar-refractivity contribution in [1.29, 1.82) is 0 Å². The van der Waals surface area contributed by atoms with Gasteiger partial charge < -0.3 is 14.2 Å². The number of esters is 3. The molecule has 0 heterocycles. The summed E-state index contributed by atoms with van der Waals surface area (Å²) in [6.07, 6.45) is 87.0. The molecule has 1 unspecified atom stereocenters. The molecule has 0 N–H and O–H groups in total. The van der Waals surface area contributed by atoms with Gasteiger partial charge in [0.15, 0.2) is 6.10 Å². The van der Waals surface area contributed by atoms with Crippen molar-refractivity contribution in [2.75, 3.05) is 13.2 Å². The van der Waals surface area contributed by atoms with Gasteiger partial charge in [-0.2, -0.15) is 0 Å². The summed E-state index contributed by atoms with van der Waals surface area (Å²) < 4.78 is 16.9. The van der Waals surface area contributed by atoms with E-state index >= 15 is 0 Å². The molecule has 0 spiro atoms. The lowest BCUT2D eigenvalue weighted by atomic mass is 10.0. The van der Waals surface area contributed by atoms with E-state index in [1.54, 1.807) is 0 Å². The van der Waals surface area contributed by atoms with Crippen LogP contribution in [0.5, 0.6) is 0 Å². The van der Waals surface area contributed by atoms with Crippen molar-refractivity contribution in [3.8, 4) is 0 Å². The van der Waals surface area contributed by atoms with Gasteiger partial charge in [0.2, 0.25) is 0 Å². The van der Waals surface area contributed by atoms with Gasteiger partial charge in [0.1, 0.15) is 13.2 Å². The van der Waals surface area contributed by atoms with Gasteiger partial charge in [-0.15, -0.1) is 0 Å². The van der Waals surface area contributed by atoms with Gasteiger partial charge in [-0.05, 0) is 103 Å². The number of allylic oxidation sites excluding steroid dienone is 16. The first-order valence-electron chi connectivity index (χ1n) is 32.7. The highest BCUT2D eigenvalue weighted by atomic mass is 16.6. The van der Waals surface area contributed by atoms with Crippen molar-refractivity contribution in [2.24, 2.45) is 0 Å². The highest BCUT2D eigenvalue weighted by molar-refractivity contribution is 5.71. The van der Waals surface area contributed by atoms with Crippen molar-refractivity contribution in [1.82, 2.24) is 0 Å². The molecule has 0 amide bonds. The molecule has 0 radical (unpaired) electrons. The molecule has 6 nitrogen and oxygen atoms in total. The molecule has 6 heteroatoms. The monoisotopic (exact) mass is 1070 g/mol. The minimum absolute atomic E-state index is 0.0823. The van der Waals surface area contributed by atoms with Crippen molar-refractivity contribution in [2.45, 2.75) is 322 Å². The molecule has 77 heavy (non-hydrogen) atoms. The molecule has 0 aliphatic rings. The van der Waals surface area contributed by atoms with Gasteiger partial charge >= 0.3 is 17.9 Å². The summed E-state index contributed by atoms with van der Waals surface area (Å²) in [7, 11) is 0. The first kappa shape index (κ1) is 73.3. The molecule has 0 aromatic carbocycles. The number of rotatable bonds is 59. The SMILES string of the molecule is CC/C=C\C/C=C\C/C=C\C/C=C\C/C=C\C/C=C\C/C=C\CCCCCCCCCC(=O)OCC(COC(=O)CCCCCCC/C=C\CCCCCCC)OC(=O)CCCCCCCCCCCCCCCCCC. The van der Waals surface area contributed by atoms with E-state index in [-0.39, 0.29) is 31.1 Å². The van der Waals surface area contributed by atoms with E-state index in [0.29, 0.717) is 19.3 Å². The largest absolute Gasteiger partial charge is 0.462 e. The first-order chi connectivity index (χ1) is 38.0. The standard InChI is InChI=1S/C71H122O6/c1-4-7-10-13-16-19-22-25-28-30-31-32-33-34-35-36-37-38-39-40-41-42-44-46-49-52-55-58-61-64-70(73)76-67-68(66-75-69(72)63-60-57-54-51-48-45-27-24-21-18-15-12-9-6-3)77-71(74)65-62-59-56-53-50-47-43-29-26-23-20-17-14-11-8-5-2/h7,10,16,19,24-25,27-28,31-32,34-35,37-38,40-41,68H,4-6,8-9,11-15,17-18,20-23,26,29-30,33,36,39,42-67H2,1-3H3/b10-7-,19-16-,27-24-,28-25-,32-31-,35-34-,38-37-,41-40-. The van der Waals surface area contributed by atoms with Crippen LogP contribution >= 0.6 is 0 Å². The lowest BCUT2D eigenvalue weighted by Crippen LogP contribution is -2.30. The zero-order valence-corrected chi connectivity index (χ0v) is 50.7. The zero-order valence-electron chi connectivity index (χ0n) is 50.7. The van der Waals surface area contributed by atoms with Crippen LogP contribution in [0, 0.1) is 0 Å². The van der Waals surface area contributed by atoms with Gasteiger partial charge in [0, 0.05) is 19.3 Å². The fraction of sp³-hybridized carbons (Fsp3) is 0.732. The second-order valence-corrected chi connectivity index (χ2v) is 21.6. The summed E-state index contributed by atoms with van der Waals surface area (Å²) in [5, 5.41) is 0. The Balaban J connectivity index is 4.32. The van der Waals surface area contributed by atoms with Crippen LogP contribution in [0.3, 0.4) is 0 Å². The minimum Gasteiger partial charge on any atom is -0.462 e. The molecule has 442 valence electrons. The fourth-order valence-electron chi connectivity index (χ4n) is 9.18. The molecule has 0 bridgehead atoms. The van der Waals surface area contributed by atoms with E-state index in [4.69, 9.17) is 14.2 Å². The van der Waals surface area contributed by atoms with E-state index in [0.717, 1.165) is 116 Å². The average molecular weight is 1070 g/mol. The Kier molecular flexibility index (Phi) is 61.8. The Morgan fingerprint density at radius 2 is 0.506 bits per heavy atom. The maximum Gasteiger partial charge on any atom is 0.306 e. The van der Waals surface area contributed by atoms with Gasteiger partial charge in [-0.25, -0.2) is 0 Å². The normalized spacial score (nSPS) is 12.7. The third-order valence-corrected chi connectivity index (χ3v) is 14.1. The number of unbranched alkanes of at least 4 members (excludes halogenated alkanes) is 32. The second-order valence-electron chi connectivity index (χ2n) is 21.6. The van der Waals surface area contributed by atoms with Crippen LogP contribution in [0.2, 0.25) is 0 Å². The quantitative estimate of drug-likeness (QED) is 0.0261. The summed E-state index contributed by atoms with van der Waals surface area (Å²) in [6, 6.07) is 0. The third kappa shape index (κ3) is 63.0. The Morgan fingerprint density at radius 3 is 0.805 bits per heavy atom. The molecule has 0 saturated carbocycles. The van der Waals surface area contributed by atoms with Crippen LogP contribution < -0.4 is 0 Å². The molecule has 0 fully saturated rings. The van der Waals surface area contributed by atoms with Crippen LogP contribution in [0.25, 0.3) is 0 Å². The predicted molar refractivity (Wildman–Crippen MR) is 334 cm³/mol. The summed E-state index contributed by atoms with van der Waals surface area (Å²) >= 11 is 0. The molecule has 0 aliphatic heterocycles. The van der Waals surface area contributed by atoms with Gasteiger partial charge in [-0.3, -0.25) is 14.4 Å². The van der Waals surface area contributed by atoms with Crippen LogP contribution in [-0.4, -0.2) is 37.2 Å². The van der Waals surface area contributed by atoms with E-state index < -0.39 is 6.10 Å². The smallest absolute Gasteiger partial charge is 0.306 e. The topological polar surface area (TPSA) is 78.9 Å².